The molecular weight excluding hydrogens is 322 g/mol. The summed E-state index contributed by atoms with van der Waals surface area (Å²) in [7, 11) is 3.27. The second-order valence-electron chi connectivity index (χ2n) is 7.71. The van der Waals surface area contributed by atoms with E-state index in [0.29, 0.717) is 18.4 Å². The fraction of sp³-hybridized carbons (Fsp3) is 0.778. The Kier molecular flexibility index (Phi) is 5.46. The number of nitrogens with zero attached hydrogens (tertiary/aromatic N) is 2. The molecule has 0 bridgehead atoms. The van der Waals surface area contributed by atoms with Gasteiger partial charge in [-0.3, -0.25) is 0 Å². The van der Waals surface area contributed by atoms with Crippen molar-refractivity contribution in [2.24, 2.45) is 5.41 Å². The van der Waals surface area contributed by atoms with E-state index in [0.717, 1.165) is 50.4 Å². The van der Waals surface area contributed by atoms with Crippen molar-refractivity contribution in [1.82, 2.24) is 9.97 Å². The predicted molar refractivity (Wildman–Crippen MR) is 93.6 cm³/mol. The molecule has 0 unspecified atom stereocenters. The highest BCUT2D eigenvalue weighted by Gasteiger charge is 2.43. The highest BCUT2D eigenvalue weighted by molar-refractivity contribution is 5.52. The molecule has 1 spiro atoms. The lowest BCUT2D eigenvalue weighted by Crippen LogP contribution is -2.50. The molecule has 7 heteroatoms. The van der Waals surface area contributed by atoms with Crippen LogP contribution in [0.3, 0.4) is 0 Å². The van der Waals surface area contributed by atoms with Crippen LogP contribution in [0.15, 0.2) is 6.33 Å². The average Bonchev–Trinajstić information content (AvgIpc) is 2.60. The monoisotopic (exact) mass is 351 g/mol. The van der Waals surface area contributed by atoms with E-state index in [1.54, 1.807) is 20.5 Å². The van der Waals surface area contributed by atoms with Crippen molar-refractivity contribution >= 4 is 5.82 Å². The molecule has 0 atom stereocenters. The summed E-state index contributed by atoms with van der Waals surface area (Å²) in [6.07, 6.45) is 5.25. The van der Waals surface area contributed by atoms with E-state index < -0.39 is 5.79 Å². The number of methoxy groups -OCH3 is 2. The first kappa shape index (κ1) is 18.4. The van der Waals surface area contributed by atoms with Crippen molar-refractivity contribution in [1.29, 1.82) is 0 Å². The number of hydrogen-bond donors (Lipinski definition) is 1. The van der Waals surface area contributed by atoms with Crippen LogP contribution in [0.1, 0.15) is 45.2 Å². The highest BCUT2D eigenvalue weighted by atomic mass is 16.7. The zero-order valence-electron chi connectivity index (χ0n) is 15.6. The van der Waals surface area contributed by atoms with Crippen LogP contribution in [0.5, 0.6) is 5.75 Å². The van der Waals surface area contributed by atoms with Crippen LogP contribution in [0, 0.1) is 5.41 Å². The van der Waals surface area contributed by atoms with Gasteiger partial charge in [-0.1, -0.05) is 13.8 Å². The Morgan fingerprint density at radius 2 is 1.84 bits per heavy atom. The highest BCUT2D eigenvalue weighted by Crippen LogP contribution is 2.40. The largest absolute Gasteiger partial charge is 0.491 e. The van der Waals surface area contributed by atoms with Gasteiger partial charge in [0.1, 0.15) is 12.0 Å². The summed E-state index contributed by atoms with van der Waals surface area (Å²) in [5.41, 5.74) is 0.850. The first-order chi connectivity index (χ1) is 12.0. The van der Waals surface area contributed by atoms with Crippen LogP contribution in [-0.4, -0.2) is 49.2 Å². The first-order valence-corrected chi connectivity index (χ1v) is 8.88. The van der Waals surface area contributed by atoms with Crippen LogP contribution >= 0.6 is 0 Å². The second kappa shape index (κ2) is 7.43. The summed E-state index contributed by atoms with van der Waals surface area (Å²) >= 11 is 0. The van der Waals surface area contributed by atoms with Gasteiger partial charge >= 0.3 is 0 Å². The molecule has 0 aromatic carbocycles. The molecule has 0 radical (unpaired) electrons. The number of anilines is 1. The van der Waals surface area contributed by atoms with Gasteiger partial charge in [-0.2, -0.15) is 0 Å². The minimum Gasteiger partial charge on any atom is -0.491 e. The zero-order valence-corrected chi connectivity index (χ0v) is 15.6. The molecule has 2 heterocycles. The van der Waals surface area contributed by atoms with E-state index in [1.807, 2.05) is 0 Å². The molecule has 1 saturated heterocycles. The molecule has 3 rings (SSSR count). The average molecular weight is 351 g/mol. The maximum Gasteiger partial charge on any atom is 0.185 e. The second-order valence-corrected chi connectivity index (χ2v) is 7.71. The van der Waals surface area contributed by atoms with Crippen LogP contribution in [-0.2, 0) is 20.8 Å². The number of hydrogen-bond acceptors (Lipinski definition) is 7. The maximum absolute atomic E-state index is 6.10. The summed E-state index contributed by atoms with van der Waals surface area (Å²) in [5.74, 6) is 0.971. The third-order valence-corrected chi connectivity index (χ3v) is 4.90. The van der Waals surface area contributed by atoms with Gasteiger partial charge in [0, 0.05) is 31.4 Å². The van der Waals surface area contributed by atoms with E-state index in [4.69, 9.17) is 18.9 Å². The van der Waals surface area contributed by atoms with Gasteiger partial charge in [0.2, 0.25) is 0 Å². The van der Waals surface area contributed by atoms with E-state index in [9.17, 15) is 0 Å². The third-order valence-electron chi connectivity index (χ3n) is 4.90. The molecule has 2 fully saturated rings. The van der Waals surface area contributed by atoms with Crippen LogP contribution in [0.25, 0.3) is 0 Å². The maximum atomic E-state index is 6.10. The topological polar surface area (TPSA) is 74.7 Å². The Hall–Kier alpha value is -1.44. The molecule has 1 saturated carbocycles. The van der Waals surface area contributed by atoms with Gasteiger partial charge in [0.15, 0.2) is 17.4 Å². The molecule has 0 amide bonds. The van der Waals surface area contributed by atoms with Crippen LogP contribution < -0.4 is 10.1 Å². The van der Waals surface area contributed by atoms with Gasteiger partial charge in [-0.15, -0.1) is 0 Å². The Morgan fingerprint density at radius 1 is 1.16 bits per heavy atom. The van der Waals surface area contributed by atoms with Gasteiger partial charge in [0.05, 0.1) is 26.9 Å². The molecule has 2 aliphatic rings. The molecule has 7 nitrogen and oxygen atoms in total. The molecular formula is C18H29N3O4. The van der Waals surface area contributed by atoms with Crippen molar-refractivity contribution in [2.75, 3.05) is 32.8 Å². The molecule has 25 heavy (non-hydrogen) atoms. The fourth-order valence-corrected chi connectivity index (χ4v) is 3.39. The van der Waals surface area contributed by atoms with E-state index in [1.165, 1.54) is 0 Å². The third kappa shape index (κ3) is 4.22. The summed E-state index contributed by atoms with van der Waals surface area (Å²) in [6, 6.07) is 0.312. The molecule has 1 aliphatic heterocycles. The SMILES string of the molecule is COCc1ncnc(NC2CCC3(CC2)OCC(C)(C)CO3)c1OC. The molecule has 1 N–H and O–H groups in total. The van der Waals surface area contributed by atoms with E-state index in [2.05, 4.69) is 29.1 Å². The van der Waals surface area contributed by atoms with E-state index >= 15 is 0 Å². The smallest absolute Gasteiger partial charge is 0.185 e. The van der Waals surface area contributed by atoms with Crippen LogP contribution in [0.4, 0.5) is 5.82 Å². The summed E-state index contributed by atoms with van der Waals surface area (Å²) in [5, 5.41) is 3.49. The first-order valence-electron chi connectivity index (χ1n) is 8.88. The number of aromatic nitrogens is 2. The summed E-state index contributed by atoms with van der Waals surface area (Å²) in [6.45, 7) is 6.25. The molecule has 140 valence electrons. The minimum absolute atomic E-state index is 0.104. The lowest BCUT2D eigenvalue weighted by molar-refractivity contribution is -0.310. The summed E-state index contributed by atoms with van der Waals surface area (Å²) < 4.78 is 22.9. The lowest BCUT2D eigenvalue weighted by atomic mass is 9.87. The quantitative estimate of drug-likeness (QED) is 0.874. The Labute approximate surface area is 149 Å². The number of ether oxygens (including phenoxy) is 4. The van der Waals surface area contributed by atoms with Crippen molar-refractivity contribution < 1.29 is 18.9 Å². The van der Waals surface area contributed by atoms with Gasteiger partial charge in [-0.05, 0) is 12.8 Å². The Balaban J connectivity index is 1.60. The van der Waals surface area contributed by atoms with Gasteiger partial charge < -0.3 is 24.3 Å². The Morgan fingerprint density at radius 3 is 2.44 bits per heavy atom. The normalized spacial score (nSPS) is 22.7. The van der Waals surface area contributed by atoms with Gasteiger partial charge in [0.25, 0.3) is 0 Å². The van der Waals surface area contributed by atoms with Crippen molar-refractivity contribution in [2.45, 2.75) is 58.0 Å². The minimum atomic E-state index is -0.398. The molecule has 1 aromatic heterocycles. The zero-order chi connectivity index (χ0) is 17.9. The standard InChI is InChI=1S/C18H29N3O4/c1-17(2)10-24-18(25-11-17)7-5-13(6-8-18)21-16-15(23-4)14(9-22-3)19-12-20-16/h12-13H,5-11H2,1-4H3,(H,19,20,21). The Bertz CT molecular complexity index is 574. The van der Waals surface area contributed by atoms with Gasteiger partial charge in [-0.25, -0.2) is 9.97 Å². The summed E-state index contributed by atoms with van der Waals surface area (Å²) in [4.78, 5) is 8.58. The van der Waals surface area contributed by atoms with Crippen molar-refractivity contribution in [3.8, 4) is 5.75 Å². The van der Waals surface area contributed by atoms with Crippen molar-refractivity contribution in [3.05, 3.63) is 12.0 Å². The van der Waals surface area contributed by atoms with Crippen molar-refractivity contribution in [3.63, 3.8) is 0 Å². The molecule has 1 aromatic rings. The van der Waals surface area contributed by atoms with Crippen LogP contribution in [0.2, 0.25) is 0 Å². The predicted octanol–water partition coefficient (Wildman–Crippen LogP) is 2.76. The number of rotatable bonds is 5. The lowest BCUT2D eigenvalue weighted by Gasteiger charge is -2.46. The number of nitrogens with one attached hydrogen (secondary N) is 1. The van der Waals surface area contributed by atoms with E-state index in [-0.39, 0.29) is 5.41 Å². The fourth-order valence-electron chi connectivity index (χ4n) is 3.39. The molecule has 1 aliphatic carbocycles.